The quantitative estimate of drug-likeness (QED) is 0.698. The molecule has 0 aliphatic carbocycles. The predicted octanol–water partition coefficient (Wildman–Crippen LogP) is 2.29. The van der Waals surface area contributed by atoms with E-state index in [1.54, 1.807) is 34.9 Å². The van der Waals surface area contributed by atoms with Gasteiger partial charge in [-0.15, -0.1) is 10.2 Å². The van der Waals surface area contributed by atoms with E-state index in [1.165, 1.54) is 0 Å². The fraction of sp³-hybridized carbons (Fsp3) is 0.0667. The predicted molar refractivity (Wildman–Crippen MR) is 89.9 cm³/mol. The van der Waals surface area contributed by atoms with Crippen LogP contribution in [0.5, 0.6) is 0 Å². The third kappa shape index (κ3) is 3.32. The molecule has 7 nitrogen and oxygen atoms in total. The van der Waals surface area contributed by atoms with Crippen LogP contribution in [0, 0.1) is 0 Å². The zero-order chi connectivity index (χ0) is 17.1. The topological polar surface area (TPSA) is 88.4 Å². The fourth-order valence-corrected chi connectivity index (χ4v) is 2.38. The highest BCUT2D eigenvalue weighted by molar-refractivity contribution is 6.45. The molecule has 3 rings (SSSR count). The van der Waals surface area contributed by atoms with E-state index < -0.39 is 11.8 Å². The number of anilines is 1. The van der Waals surface area contributed by atoms with Crippen LogP contribution in [0.15, 0.2) is 42.6 Å². The summed E-state index contributed by atoms with van der Waals surface area (Å²) >= 11 is 11.8. The van der Waals surface area contributed by atoms with Crippen molar-refractivity contribution < 1.29 is 9.59 Å². The Morgan fingerprint density at radius 3 is 2.71 bits per heavy atom. The Kier molecular flexibility index (Phi) is 4.64. The van der Waals surface area contributed by atoms with Gasteiger partial charge in [-0.05, 0) is 24.3 Å². The molecule has 0 radical (unpaired) electrons. The Labute approximate surface area is 146 Å². The summed E-state index contributed by atoms with van der Waals surface area (Å²) in [6, 6.07) is 10.2. The highest BCUT2D eigenvalue weighted by Crippen LogP contribution is 2.29. The fourth-order valence-electron chi connectivity index (χ4n) is 2.03. The van der Waals surface area contributed by atoms with Crippen LogP contribution in [-0.2, 0) is 16.1 Å². The third-order valence-corrected chi connectivity index (χ3v) is 4.02. The molecule has 9 heteroatoms. The first-order valence-electron chi connectivity index (χ1n) is 6.88. The second kappa shape index (κ2) is 6.86. The lowest BCUT2D eigenvalue weighted by molar-refractivity contribution is -0.136. The molecule has 3 aromatic rings. The highest BCUT2D eigenvalue weighted by atomic mass is 35.5. The second-order valence-corrected chi connectivity index (χ2v) is 5.57. The van der Waals surface area contributed by atoms with Gasteiger partial charge in [0, 0.05) is 6.20 Å². The van der Waals surface area contributed by atoms with E-state index in [2.05, 4.69) is 20.8 Å². The van der Waals surface area contributed by atoms with Gasteiger partial charge in [-0.1, -0.05) is 35.3 Å². The van der Waals surface area contributed by atoms with Crippen molar-refractivity contribution in [1.29, 1.82) is 0 Å². The number of carbonyl (C=O) groups excluding carboxylic acids is 2. The molecule has 0 unspecified atom stereocenters. The first kappa shape index (κ1) is 16.2. The molecular weight excluding hydrogens is 353 g/mol. The molecule has 0 aliphatic rings. The van der Waals surface area contributed by atoms with Crippen LogP contribution in [0.25, 0.3) is 5.65 Å². The SMILES string of the molecule is O=C(NCc1nnc2ccccn12)C(=O)Nc1cccc(Cl)c1Cl. The van der Waals surface area contributed by atoms with Crippen LogP contribution in [0.4, 0.5) is 5.69 Å². The van der Waals surface area contributed by atoms with E-state index in [4.69, 9.17) is 23.2 Å². The van der Waals surface area contributed by atoms with Gasteiger partial charge >= 0.3 is 11.8 Å². The van der Waals surface area contributed by atoms with E-state index in [0.29, 0.717) is 11.5 Å². The number of halogens is 2. The van der Waals surface area contributed by atoms with E-state index in [9.17, 15) is 9.59 Å². The summed E-state index contributed by atoms with van der Waals surface area (Å²) in [5.41, 5.74) is 0.911. The van der Waals surface area contributed by atoms with Crippen molar-refractivity contribution in [2.75, 3.05) is 5.32 Å². The van der Waals surface area contributed by atoms with Gasteiger partial charge in [0.25, 0.3) is 0 Å². The average molecular weight is 364 g/mol. The maximum Gasteiger partial charge on any atom is 0.313 e. The van der Waals surface area contributed by atoms with Gasteiger partial charge < -0.3 is 10.6 Å². The summed E-state index contributed by atoms with van der Waals surface area (Å²) in [5, 5.41) is 13.3. The molecule has 0 spiro atoms. The monoisotopic (exact) mass is 363 g/mol. The van der Waals surface area contributed by atoms with E-state index >= 15 is 0 Å². The molecule has 0 aliphatic heterocycles. The van der Waals surface area contributed by atoms with Crippen LogP contribution >= 0.6 is 23.2 Å². The van der Waals surface area contributed by atoms with Gasteiger partial charge in [-0.3, -0.25) is 14.0 Å². The Morgan fingerprint density at radius 2 is 1.88 bits per heavy atom. The van der Waals surface area contributed by atoms with Crippen LogP contribution < -0.4 is 10.6 Å². The molecule has 0 fully saturated rings. The molecule has 2 aromatic heterocycles. The summed E-state index contributed by atoms with van der Waals surface area (Å²) in [5.74, 6) is -1.17. The van der Waals surface area contributed by atoms with Gasteiger partial charge in [-0.25, -0.2) is 0 Å². The molecule has 2 N–H and O–H groups in total. The Balaban J connectivity index is 1.64. The number of aromatic nitrogens is 3. The summed E-state index contributed by atoms with van der Waals surface area (Å²) in [6.07, 6.45) is 1.77. The van der Waals surface area contributed by atoms with Crippen molar-refractivity contribution in [3.63, 3.8) is 0 Å². The number of benzene rings is 1. The van der Waals surface area contributed by atoms with Crippen molar-refractivity contribution >= 4 is 46.4 Å². The van der Waals surface area contributed by atoms with Crippen molar-refractivity contribution in [3.05, 3.63) is 58.5 Å². The lowest BCUT2D eigenvalue weighted by Gasteiger charge is -2.08. The summed E-state index contributed by atoms with van der Waals surface area (Å²) in [7, 11) is 0. The molecular formula is C15H11Cl2N5O2. The lowest BCUT2D eigenvalue weighted by atomic mass is 10.3. The number of nitrogens with one attached hydrogen (secondary N) is 2. The molecule has 0 atom stereocenters. The second-order valence-electron chi connectivity index (χ2n) is 4.78. The first-order chi connectivity index (χ1) is 11.6. The Bertz CT molecular complexity index is 925. The van der Waals surface area contributed by atoms with E-state index in [1.807, 2.05) is 12.1 Å². The molecule has 24 heavy (non-hydrogen) atoms. The minimum Gasteiger partial charge on any atom is -0.341 e. The van der Waals surface area contributed by atoms with Crippen LogP contribution in [0.1, 0.15) is 5.82 Å². The zero-order valence-electron chi connectivity index (χ0n) is 12.2. The first-order valence-corrected chi connectivity index (χ1v) is 7.63. The number of hydrogen-bond acceptors (Lipinski definition) is 4. The number of pyridine rings is 1. The average Bonchev–Trinajstić information content (AvgIpc) is 3.00. The Morgan fingerprint density at radius 1 is 1.04 bits per heavy atom. The molecule has 0 saturated heterocycles. The number of amides is 2. The largest absolute Gasteiger partial charge is 0.341 e. The van der Waals surface area contributed by atoms with Gasteiger partial charge in [0.1, 0.15) is 0 Å². The standard InChI is InChI=1S/C15H11Cl2N5O2/c16-9-4-3-5-10(13(9)17)19-15(24)14(23)18-8-12-21-20-11-6-1-2-7-22(11)12/h1-7H,8H2,(H,18,23)(H,19,24). The third-order valence-electron chi connectivity index (χ3n) is 3.20. The van der Waals surface area contributed by atoms with Crippen molar-refractivity contribution in [2.24, 2.45) is 0 Å². The summed E-state index contributed by atoms with van der Waals surface area (Å²) in [4.78, 5) is 23.8. The van der Waals surface area contributed by atoms with E-state index in [0.717, 1.165) is 0 Å². The minimum atomic E-state index is -0.854. The van der Waals surface area contributed by atoms with Crippen molar-refractivity contribution in [3.8, 4) is 0 Å². The molecule has 0 bridgehead atoms. The number of rotatable bonds is 3. The van der Waals surface area contributed by atoms with Gasteiger partial charge in [0.15, 0.2) is 11.5 Å². The van der Waals surface area contributed by atoms with Crippen molar-refractivity contribution in [1.82, 2.24) is 19.9 Å². The number of nitrogens with zero attached hydrogens (tertiary/aromatic N) is 3. The summed E-state index contributed by atoms with van der Waals surface area (Å²) in [6.45, 7) is 0.0563. The molecule has 1 aromatic carbocycles. The number of hydrogen-bond donors (Lipinski definition) is 2. The number of carbonyl (C=O) groups is 2. The van der Waals surface area contributed by atoms with Crippen LogP contribution in [-0.4, -0.2) is 26.4 Å². The van der Waals surface area contributed by atoms with Crippen LogP contribution in [0.2, 0.25) is 10.0 Å². The van der Waals surface area contributed by atoms with E-state index in [-0.39, 0.29) is 22.3 Å². The maximum atomic E-state index is 11.9. The van der Waals surface area contributed by atoms with Crippen LogP contribution in [0.3, 0.4) is 0 Å². The maximum absolute atomic E-state index is 11.9. The minimum absolute atomic E-state index is 0.0563. The lowest BCUT2D eigenvalue weighted by Crippen LogP contribution is -2.35. The summed E-state index contributed by atoms with van der Waals surface area (Å²) < 4.78 is 1.71. The smallest absolute Gasteiger partial charge is 0.313 e. The van der Waals surface area contributed by atoms with Crippen molar-refractivity contribution in [2.45, 2.75) is 6.54 Å². The zero-order valence-corrected chi connectivity index (χ0v) is 13.7. The normalized spacial score (nSPS) is 10.6. The van der Waals surface area contributed by atoms with Gasteiger partial charge in [-0.2, -0.15) is 0 Å². The van der Waals surface area contributed by atoms with Gasteiger partial charge in [0.05, 0.1) is 22.3 Å². The molecule has 0 saturated carbocycles. The molecule has 2 amide bonds. The number of fused-ring (bicyclic) bond motifs is 1. The highest BCUT2D eigenvalue weighted by Gasteiger charge is 2.16. The molecule has 122 valence electrons. The Hall–Kier alpha value is -2.64. The van der Waals surface area contributed by atoms with Gasteiger partial charge in [0.2, 0.25) is 0 Å². The molecule has 2 heterocycles.